The number of nitro groups is 2. The smallest absolute Gasteiger partial charge is 0.259 e. The Hall–Kier alpha value is -2.31. The van der Waals surface area contributed by atoms with Crippen LogP contribution in [0.2, 0.25) is 0 Å². The normalized spacial score (nSPS) is 11.2. The Balaban J connectivity index is 3.18. The average molecular weight is 226 g/mol. The molecule has 0 spiro atoms. The standard InChI is InChI=1S/C9H7FN2O4/c1-6(11(13)14)4-7-2-3-8(10)9(5-7)12(15)16/h2-5H,1H3/b6-4-. The van der Waals surface area contributed by atoms with E-state index >= 15 is 0 Å². The molecule has 6 nitrogen and oxygen atoms in total. The molecule has 0 radical (unpaired) electrons. The molecule has 0 aliphatic heterocycles. The first kappa shape index (κ1) is 11.8. The van der Waals surface area contributed by atoms with Crippen LogP contribution >= 0.6 is 0 Å². The number of allylic oxidation sites excluding steroid dienone is 1. The SMILES string of the molecule is C/C(=C/c1ccc(F)c([N+](=O)[O-])c1)[N+](=O)[O-]. The summed E-state index contributed by atoms with van der Waals surface area (Å²) in [6.07, 6.45) is 1.13. The molecule has 7 heteroatoms. The van der Waals surface area contributed by atoms with Crippen LogP contribution in [0.3, 0.4) is 0 Å². The quantitative estimate of drug-likeness (QED) is 0.584. The number of nitro benzene ring substituents is 1. The summed E-state index contributed by atoms with van der Waals surface area (Å²) in [7, 11) is 0. The van der Waals surface area contributed by atoms with E-state index in [1.165, 1.54) is 13.0 Å². The lowest BCUT2D eigenvalue weighted by atomic mass is 10.1. The largest absolute Gasteiger partial charge is 0.305 e. The molecule has 0 aliphatic carbocycles. The Kier molecular flexibility index (Phi) is 3.29. The monoisotopic (exact) mass is 226 g/mol. The molecule has 0 aromatic heterocycles. The van der Waals surface area contributed by atoms with Crippen molar-refractivity contribution in [1.82, 2.24) is 0 Å². The van der Waals surface area contributed by atoms with Gasteiger partial charge in [0.2, 0.25) is 11.5 Å². The van der Waals surface area contributed by atoms with Crippen LogP contribution in [0.4, 0.5) is 10.1 Å². The van der Waals surface area contributed by atoms with Crippen molar-refractivity contribution in [2.24, 2.45) is 0 Å². The minimum Gasteiger partial charge on any atom is -0.259 e. The molecule has 1 rings (SSSR count). The Morgan fingerprint density at radius 2 is 2.00 bits per heavy atom. The second kappa shape index (κ2) is 4.47. The van der Waals surface area contributed by atoms with Gasteiger partial charge in [-0.25, -0.2) is 0 Å². The second-order valence-corrected chi connectivity index (χ2v) is 3.01. The van der Waals surface area contributed by atoms with Crippen LogP contribution in [0.15, 0.2) is 23.9 Å². The van der Waals surface area contributed by atoms with Crippen LogP contribution in [0, 0.1) is 26.0 Å². The molecule has 0 saturated carbocycles. The molecule has 0 bridgehead atoms. The summed E-state index contributed by atoms with van der Waals surface area (Å²) in [4.78, 5) is 19.2. The van der Waals surface area contributed by atoms with E-state index in [4.69, 9.17) is 0 Å². The van der Waals surface area contributed by atoms with E-state index in [0.29, 0.717) is 0 Å². The van der Waals surface area contributed by atoms with E-state index < -0.39 is 21.4 Å². The zero-order valence-electron chi connectivity index (χ0n) is 8.21. The van der Waals surface area contributed by atoms with Gasteiger partial charge >= 0.3 is 5.69 Å². The average Bonchev–Trinajstić information content (AvgIpc) is 2.20. The van der Waals surface area contributed by atoms with Crippen LogP contribution in [0.5, 0.6) is 0 Å². The Morgan fingerprint density at radius 1 is 1.38 bits per heavy atom. The number of nitrogens with zero attached hydrogens (tertiary/aromatic N) is 2. The number of rotatable bonds is 3. The summed E-state index contributed by atoms with van der Waals surface area (Å²) in [5.41, 5.74) is -0.673. The summed E-state index contributed by atoms with van der Waals surface area (Å²) < 4.78 is 12.9. The maximum atomic E-state index is 12.9. The molecule has 0 fully saturated rings. The summed E-state index contributed by atoms with van der Waals surface area (Å²) in [5.74, 6) is -0.971. The van der Waals surface area contributed by atoms with Gasteiger partial charge < -0.3 is 0 Å². The Labute approximate surface area is 89.3 Å². The molecule has 0 aliphatic rings. The highest BCUT2D eigenvalue weighted by atomic mass is 19.1. The van der Waals surface area contributed by atoms with Gasteiger partial charge in [-0.2, -0.15) is 4.39 Å². The zero-order valence-corrected chi connectivity index (χ0v) is 8.21. The molecular weight excluding hydrogens is 219 g/mol. The van der Waals surface area contributed by atoms with Gasteiger partial charge in [-0.1, -0.05) is 6.07 Å². The third-order valence-corrected chi connectivity index (χ3v) is 1.83. The van der Waals surface area contributed by atoms with E-state index in [9.17, 15) is 24.6 Å². The van der Waals surface area contributed by atoms with Gasteiger partial charge in [-0.3, -0.25) is 20.2 Å². The van der Waals surface area contributed by atoms with E-state index in [2.05, 4.69) is 0 Å². The number of benzene rings is 1. The molecule has 0 unspecified atom stereocenters. The molecule has 0 amide bonds. The zero-order chi connectivity index (χ0) is 12.3. The summed E-state index contributed by atoms with van der Waals surface area (Å²) in [6, 6.07) is 3.08. The first-order valence-electron chi connectivity index (χ1n) is 4.18. The summed E-state index contributed by atoms with van der Waals surface area (Å²) in [5, 5.41) is 20.7. The van der Waals surface area contributed by atoms with E-state index in [1.807, 2.05) is 0 Å². The molecule has 0 saturated heterocycles. The van der Waals surface area contributed by atoms with Gasteiger partial charge in [0.05, 0.1) is 9.85 Å². The van der Waals surface area contributed by atoms with Crippen LogP contribution < -0.4 is 0 Å². The molecule has 1 aromatic rings. The molecule has 16 heavy (non-hydrogen) atoms. The highest BCUT2D eigenvalue weighted by Crippen LogP contribution is 2.20. The van der Waals surface area contributed by atoms with Gasteiger partial charge in [-0.05, 0) is 11.6 Å². The third-order valence-electron chi connectivity index (χ3n) is 1.83. The fourth-order valence-corrected chi connectivity index (χ4v) is 1.05. The minimum absolute atomic E-state index is 0.180. The maximum Gasteiger partial charge on any atom is 0.305 e. The predicted octanol–water partition coefficient (Wildman–Crippen LogP) is 2.37. The van der Waals surface area contributed by atoms with Crippen molar-refractivity contribution in [3.63, 3.8) is 0 Å². The van der Waals surface area contributed by atoms with Crippen molar-refractivity contribution in [2.75, 3.05) is 0 Å². The van der Waals surface area contributed by atoms with Crippen molar-refractivity contribution < 1.29 is 14.2 Å². The topological polar surface area (TPSA) is 86.3 Å². The molecule has 84 valence electrons. The summed E-state index contributed by atoms with van der Waals surface area (Å²) >= 11 is 0. The van der Waals surface area contributed by atoms with Crippen molar-refractivity contribution in [2.45, 2.75) is 6.92 Å². The first-order valence-corrected chi connectivity index (χ1v) is 4.18. The number of hydrogen-bond donors (Lipinski definition) is 0. The Bertz CT molecular complexity index is 484. The lowest BCUT2D eigenvalue weighted by Crippen LogP contribution is -1.95. The molecule has 0 N–H and O–H groups in total. The van der Waals surface area contributed by atoms with Crippen LogP contribution in [-0.2, 0) is 0 Å². The lowest BCUT2D eigenvalue weighted by Gasteiger charge is -1.96. The number of hydrogen-bond acceptors (Lipinski definition) is 4. The van der Waals surface area contributed by atoms with Crippen LogP contribution in [0.25, 0.3) is 6.08 Å². The van der Waals surface area contributed by atoms with Crippen molar-refractivity contribution in [3.8, 4) is 0 Å². The minimum atomic E-state index is -0.971. The highest BCUT2D eigenvalue weighted by molar-refractivity contribution is 5.54. The van der Waals surface area contributed by atoms with Crippen LogP contribution in [0.1, 0.15) is 12.5 Å². The van der Waals surface area contributed by atoms with Crippen LogP contribution in [-0.4, -0.2) is 9.85 Å². The van der Waals surface area contributed by atoms with Gasteiger partial charge in [0.15, 0.2) is 0 Å². The van der Waals surface area contributed by atoms with Gasteiger partial charge in [0.1, 0.15) is 0 Å². The van der Waals surface area contributed by atoms with Gasteiger partial charge in [-0.15, -0.1) is 0 Å². The van der Waals surface area contributed by atoms with E-state index in [-0.39, 0.29) is 11.3 Å². The van der Waals surface area contributed by atoms with Crippen molar-refractivity contribution in [1.29, 1.82) is 0 Å². The number of halogens is 1. The van der Waals surface area contributed by atoms with Crippen molar-refractivity contribution in [3.05, 3.63) is 55.5 Å². The molecule has 0 heterocycles. The molecule has 1 aromatic carbocycles. The predicted molar refractivity (Wildman–Crippen MR) is 53.7 cm³/mol. The highest BCUT2D eigenvalue weighted by Gasteiger charge is 2.14. The fraction of sp³-hybridized carbons (Fsp3) is 0.111. The lowest BCUT2D eigenvalue weighted by molar-refractivity contribution is -0.422. The maximum absolute atomic E-state index is 12.9. The fourth-order valence-electron chi connectivity index (χ4n) is 1.05. The van der Waals surface area contributed by atoms with E-state index in [1.54, 1.807) is 0 Å². The van der Waals surface area contributed by atoms with Crippen molar-refractivity contribution >= 4 is 11.8 Å². The summed E-state index contributed by atoms with van der Waals surface area (Å²) in [6.45, 7) is 1.25. The van der Waals surface area contributed by atoms with Gasteiger partial charge in [0.25, 0.3) is 0 Å². The van der Waals surface area contributed by atoms with E-state index in [0.717, 1.165) is 18.2 Å². The first-order chi connectivity index (χ1) is 7.41. The molecule has 0 atom stereocenters. The third kappa shape index (κ3) is 2.59. The Morgan fingerprint density at radius 3 is 2.50 bits per heavy atom. The van der Waals surface area contributed by atoms with Gasteiger partial charge in [0, 0.05) is 19.1 Å². The molecular formula is C9H7FN2O4. The second-order valence-electron chi connectivity index (χ2n) is 3.01.